The Bertz CT molecular complexity index is 1740. The molecule has 0 fully saturated rings. The SMILES string of the molecule is CCn1c2ccccc2c2cc(/C=N/NC(=O)c3cc(-c4ccc5ccccc5c4)n[nH]3)ccc21. The molecule has 2 aromatic heterocycles. The minimum Gasteiger partial charge on any atom is -0.341 e. The van der Waals surface area contributed by atoms with Crippen molar-refractivity contribution >= 4 is 44.7 Å². The van der Waals surface area contributed by atoms with E-state index < -0.39 is 0 Å². The molecule has 6 heteroatoms. The second-order valence-corrected chi connectivity index (χ2v) is 8.47. The Labute approximate surface area is 201 Å². The van der Waals surface area contributed by atoms with Crippen molar-refractivity contribution in [3.63, 3.8) is 0 Å². The molecular formula is C29H23N5O. The minimum absolute atomic E-state index is 0.343. The zero-order valence-corrected chi connectivity index (χ0v) is 19.2. The zero-order chi connectivity index (χ0) is 23.8. The van der Waals surface area contributed by atoms with Gasteiger partial charge >= 0.3 is 0 Å². The Balaban J connectivity index is 1.21. The van der Waals surface area contributed by atoms with E-state index in [-0.39, 0.29) is 5.91 Å². The molecule has 0 spiro atoms. The Kier molecular flexibility index (Phi) is 5.11. The highest BCUT2D eigenvalue weighted by atomic mass is 16.2. The van der Waals surface area contributed by atoms with Crippen LogP contribution in [0.15, 0.2) is 96.1 Å². The summed E-state index contributed by atoms with van der Waals surface area (Å²) in [6, 6.07) is 30.6. The van der Waals surface area contributed by atoms with Crippen molar-refractivity contribution < 1.29 is 4.79 Å². The highest BCUT2D eigenvalue weighted by Crippen LogP contribution is 2.29. The summed E-state index contributed by atoms with van der Waals surface area (Å²) >= 11 is 0. The Morgan fingerprint density at radius 1 is 0.914 bits per heavy atom. The lowest BCUT2D eigenvalue weighted by Gasteiger charge is -2.02. The van der Waals surface area contributed by atoms with Gasteiger partial charge in [-0.3, -0.25) is 9.89 Å². The summed E-state index contributed by atoms with van der Waals surface area (Å²) in [5.41, 5.74) is 7.93. The molecule has 0 unspecified atom stereocenters. The van der Waals surface area contributed by atoms with Gasteiger partial charge in [0.1, 0.15) is 5.69 Å². The summed E-state index contributed by atoms with van der Waals surface area (Å²) in [6.07, 6.45) is 1.66. The third-order valence-electron chi connectivity index (χ3n) is 6.36. The maximum atomic E-state index is 12.6. The number of H-pyrrole nitrogens is 1. The van der Waals surface area contributed by atoms with Crippen LogP contribution in [0.3, 0.4) is 0 Å². The molecule has 6 nitrogen and oxygen atoms in total. The minimum atomic E-state index is -0.343. The van der Waals surface area contributed by atoms with Crippen LogP contribution in [-0.4, -0.2) is 26.9 Å². The summed E-state index contributed by atoms with van der Waals surface area (Å²) in [6.45, 7) is 3.05. The molecule has 2 heterocycles. The van der Waals surface area contributed by atoms with E-state index in [4.69, 9.17) is 0 Å². The molecule has 1 amide bonds. The number of aromatic amines is 1. The van der Waals surface area contributed by atoms with E-state index in [0.29, 0.717) is 11.4 Å². The Morgan fingerprint density at radius 2 is 1.71 bits per heavy atom. The van der Waals surface area contributed by atoms with Crippen LogP contribution in [0.25, 0.3) is 43.8 Å². The smallest absolute Gasteiger partial charge is 0.289 e. The molecule has 0 aliphatic carbocycles. The number of fused-ring (bicyclic) bond motifs is 4. The number of rotatable bonds is 5. The van der Waals surface area contributed by atoms with Crippen molar-refractivity contribution in [2.45, 2.75) is 13.5 Å². The molecule has 0 atom stereocenters. The van der Waals surface area contributed by atoms with Crippen LogP contribution >= 0.6 is 0 Å². The summed E-state index contributed by atoms with van der Waals surface area (Å²) in [4.78, 5) is 12.6. The first-order chi connectivity index (χ1) is 17.2. The Morgan fingerprint density at radius 3 is 2.60 bits per heavy atom. The molecule has 6 rings (SSSR count). The second kappa shape index (κ2) is 8.57. The standard InChI is InChI=1S/C29H23N5O/c1-2-34-27-10-6-5-9-23(27)24-15-19(11-14-28(24)34)18-30-33-29(35)26-17-25(31-32-26)22-13-12-20-7-3-4-8-21(20)16-22/h3-18H,2H2,1H3,(H,31,32)(H,33,35)/b30-18+. The van der Waals surface area contributed by atoms with E-state index >= 15 is 0 Å². The van der Waals surface area contributed by atoms with Crippen molar-refractivity contribution in [1.29, 1.82) is 0 Å². The van der Waals surface area contributed by atoms with Gasteiger partial charge in [0.05, 0.1) is 11.9 Å². The lowest BCUT2D eigenvalue weighted by atomic mass is 10.1. The van der Waals surface area contributed by atoms with Gasteiger partial charge in [0.2, 0.25) is 0 Å². The van der Waals surface area contributed by atoms with Crippen molar-refractivity contribution in [2.75, 3.05) is 0 Å². The van der Waals surface area contributed by atoms with Gasteiger partial charge in [0, 0.05) is 33.9 Å². The second-order valence-electron chi connectivity index (χ2n) is 8.47. The number of hydrogen-bond donors (Lipinski definition) is 2. The number of nitrogens with zero attached hydrogens (tertiary/aromatic N) is 3. The van der Waals surface area contributed by atoms with Gasteiger partial charge in [-0.1, -0.05) is 60.7 Å². The van der Waals surface area contributed by atoms with Gasteiger partial charge in [-0.2, -0.15) is 10.2 Å². The highest BCUT2D eigenvalue weighted by molar-refractivity contribution is 6.09. The first-order valence-corrected chi connectivity index (χ1v) is 11.6. The number of aromatic nitrogens is 3. The number of hydrazone groups is 1. The van der Waals surface area contributed by atoms with Gasteiger partial charge < -0.3 is 4.57 Å². The first kappa shape index (κ1) is 20.9. The first-order valence-electron chi connectivity index (χ1n) is 11.6. The molecule has 4 aromatic carbocycles. The molecule has 0 saturated carbocycles. The quantitative estimate of drug-likeness (QED) is 0.242. The van der Waals surface area contributed by atoms with Gasteiger partial charge in [0.25, 0.3) is 5.91 Å². The number of aryl methyl sites for hydroxylation is 1. The molecule has 2 N–H and O–H groups in total. The Hall–Kier alpha value is -4.71. The van der Waals surface area contributed by atoms with E-state index in [1.165, 1.54) is 21.8 Å². The van der Waals surface area contributed by atoms with Gasteiger partial charge in [0.15, 0.2) is 0 Å². The molecule has 170 valence electrons. The number of nitrogens with one attached hydrogen (secondary N) is 2. The fourth-order valence-corrected chi connectivity index (χ4v) is 4.65. The largest absolute Gasteiger partial charge is 0.341 e. The average molecular weight is 458 g/mol. The zero-order valence-electron chi connectivity index (χ0n) is 19.2. The topological polar surface area (TPSA) is 75.1 Å². The van der Waals surface area contributed by atoms with Crippen LogP contribution in [-0.2, 0) is 6.54 Å². The van der Waals surface area contributed by atoms with Crippen molar-refractivity contribution in [3.8, 4) is 11.3 Å². The van der Waals surface area contributed by atoms with Crippen molar-refractivity contribution in [2.24, 2.45) is 5.10 Å². The molecular weight excluding hydrogens is 434 g/mol. The van der Waals surface area contributed by atoms with Gasteiger partial charge in [-0.25, -0.2) is 5.43 Å². The molecule has 35 heavy (non-hydrogen) atoms. The number of carbonyl (C=O) groups excluding carboxylic acids is 1. The third-order valence-corrected chi connectivity index (χ3v) is 6.36. The molecule has 0 radical (unpaired) electrons. The van der Waals surface area contributed by atoms with E-state index in [1.54, 1.807) is 12.3 Å². The maximum absolute atomic E-state index is 12.6. The van der Waals surface area contributed by atoms with Gasteiger partial charge in [-0.05, 0) is 53.6 Å². The van der Waals surface area contributed by atoms with Gasteiger partial charge in [-0.15, -0.1) is 0 Å². The third kappa shape index (κ3) is 3.75. The number of para-hydroxylation sites is 1. The predicted molar refractivity (Wildman–Crippen MR) is 142 cm³/mol. The number of carbonyl (C=O) groups is 1. The molecule has 6 aromatic rings. The van der Waals surface area contributed by atoms with Crippen molar-refractivity contribution in [1.82, 2.24) is 20.2 Å². The van der Waals surface area contributed by atoms with E-state index in [2.05, 4.69) is 92.9 Å². The average Bonchev–Trinajstić information content (AvgIpc) is 3.52. The molecule has 0 saturated heterocycles. The fourth-order valence-electron chi connectivity index (χ4n) is 4.65. The maximum Gasteiger partial charge on any atom is 0.289 e. The molecule has 0 bridgehead atoms. The number of amides is 1. The van der Waals surface area contributed by atoms with Crippen LogP contribution in [0, 0.1) is 0 Å². The summed E-state index contributed by atoms with van der Waals surface area (Å²) in [5.74, 6) is -0.343. The van der Waals surface area contributed by atoms with Crippen molar-refractivity contribution in [3.05, 3.63) is 102 Å². The van der Waals surface area contributed by atoms with E-state index in [0.717, 1.165) is 28.4 Å². The van der Waals surface area contributed by atoms with E-state index in [9.17, 15) is 4.79 Å². The summed E-state index contributed by atoms with van der Waals surface area (Å²) < 4.78 is 2.30. The lowest BCUT2D eigenvalue weighted by Crippen LogP contribution is -2.18. The predicted octanol–water partition coefficient (Wildman–Crippen LogP) is 6.12. The number of benzene rings is 4. The monoisotopic (exact) mass is 457 g/mol. The fraction of sp³-hybridized carbons (Fsp3) is 0.0690. The normalized spacial score (nSPS) is 11.7. The highest BCUT2D eigenvalue weighted by Gasteiger charge is 2.12. The van der Waals surface area contributed by atoms with Crippen LogP contribution in [0.5, 0.6) is 0 Å². The van der Waals surface area contributed by atoms with E-state index in [1.807, 2.05) is 24.3 Å². The van der Waals surface area contributed by atoms with Crippen LogP contribution < -0.4 is 5.43 Å². The lowest BCUT2D eigenvalue weighted by molar-refractivity contribution is 0.0950. The summed E-state index contributed by atoms with van der Waals surface area (Å²) in [5, 5.41) is 16.0. The number of hydrogen-bond acceptors (Lipinski definition) is 3. The molecule has 0 aliphatic heterocycles. The van der Waals surface area contributed by atoms with Crippen LogP contribution in [0.2, 0.25) is 0 Å². The van der Waals surface area contributed by atoms with Crippen LogP contribution in [0.4, 0.5) is 0 Å². The molecule has 0 aliphatic rings. The van der Waals surface area contributed by atoms with Crippen LogP contribution in [0.1, 0.15) is 23.0 Å². The summed E-state index contributed by atoms with van der Waals surface area (Å²) in [7, 11) is 0.